The molecule has 0 fully saturated rings. The highest BCUT2D eigenvalue weighted by Crippen LogP contribution is 2.53. The number of benzene rings is 24. The molecule has 684 valence electrons. The summed E-state index contributed by atoms with van der Waals surface area (Å²) in [5.41, 5.74) is 39.3. The molecule has 0 aliphatic rings. The van der Waals surface area contributed by atoms with E-state index in [1.54, 1.807) is 0 Å². The van der Waals surface area contributed by atoms with Crippen LogP contribution in [-0.2, 0) is 0 Å². The molecule has 6 nitrogen and oxygen atoms in total. The minimum atomic E-state index is 1.07. The second-order valence-corrected chi connectivity index (χ2v) is 37.7. The summed E-state index contributed by atoms with van der Waals surface area (Å²) in [5, 5.41) is 14.6. The number of nitrogens with zero attached hydrogens (tertiary/aromatic N) is 6. The van der Waals surface area contributed by atoms with Gasteiger partial charge in [-0.1, -0.05) is 388 Å². The van der Waals surface area contributed by atoms with E-state index >= 15 is 0 Å². The van der Waals surface area contributed by atoms with Gasteiger partial charge in [0.05, 0.1) is 44.1 Å². The molecule has 0 spiro atoms. The third kappa shape index (κ3) is 15.1. The number of anilines is 6. The third-order valence-corrected chi connectivity index (χ3v) is 29.4. The minimum Gasteiger partial charge on any atom is -0.311 e. The fourth-order valence-corrected chi connectivity index (χ4v) is 22.6. The Morgan fingerprint density at radius 2 is 0.349 bits per heavy atom. The van der Waals surface area contributed by atoms with Crippen molar-refractivity contribution in [1.82, 2.24) is 18.3 Å². The number of hydrogen-bond acceptors (Lipinski definition) is 2. The molecule has 0 aliphatic heterocycles. The highest BCUT2D eigenvalue weighted by atomic mass is 15.1. The van der Waals surface area contributed by atoms with E-state index in [2.05, 4.69) is 598 Å². The molecular formula is C140H94N6. The number of aromatic nitrogens is 4. The van der Waals surface area contributed by atoms with Gasteiger partial charge in [-0.25, -0.2) is 0 Å². The van der Waals surface area contributed by atoms with E-state index in [1.165, 1.54) is 159 Å². The smallest absolute Gasteiger partial charge is 0.0795 e. The summed E-state index contributed by atoms with van der Waals surface area (Å²) >= 11 is 0. The second kappa shape index (κ2) is 36.7. The molecule has 0 amide bonds. The molecule has 0 aliphatic carbocycles. The maximum atomic E-state index is 2.52. The molecule has 0 saturated heterocycles. The van der Waals surface area contributed by atoms with Gasteiger partial charge in [0, 0.05) is 100.0 Å². The quantitative estimate of drug-likeness (QED) is 0.0856. The molecule has 0 atom stereocenters. The van der Waals surface area contributed by atoms with Crippen LogP contribution in [0.25, 0.3) is 221 Å². The Bertz CT molecular complexity index is 9630. The fraction of sp³-hybridized carbons (Fsp3) is 0. The van der Waals surface area contributed by atoms with Gasteiger partial charge < -0.3 is 28.1 Å². The Morgan fingerprint density at radius 3 is 0.685 bits per heavy atom. The van der Waals surface area contributed by atoms with Crippen molar-refractivity contribution < 1.29 is 0 Å². The Labute approximate surface area is 846 Å². The summed E-state index contributed by atoms with van der Waals surface area (Å²) in [7, 11) is 0. The Balaban J connectivity index is 0.000000145. The van der Waals surface area contributed by atoms with Crippen LogP contribution in [0.5, 0.6) is 0 Å². The molecule has 0 radical (unpaired) electrons. The zero-order valence-electron chi connectivity index (χ0n) is 80.0. The third-order valence-electron chi connectivity index (χ3n) is 29.4. The highest BCUT2D eigenvalue weighted by molar-refractivity contribution is 6.31. The first-order valence-electron chi connectivity index (χ1n) is 50.2. The average Bonchev–Trinajstić information content (AvgIpc) is 1.53. The van der Waals surface area contributed by atoms with Crippen LogP contribution < -0.4 is 9.80 Å². The Hall–Kier alpha value is -19.4. The molecular weight excluding hydrogens is 1770 g/mol. The van der Waals surface area contributed by atoms with Gasteiger partial charge in [-0.3, -0.25) is 0 Å². The van der Waals surface area contributed by atoms with Gasteiger partial charge in [0.1, 0.15) is 0 Å². The van der Waals surface area contributed by atoms with Gasteiger partial charge in [-0.05, 0) is 293 Å². The van der Waals surface area contributed by atoms with Crippen molar-refractivity contribution in [3.8, 4) is 112 Å². The minimum absolute atomic E-state index is 1.07. The van der Waals surface area contributed by atoms with Crippen LogP contribution in [-0.4, -0.2) is 18.3 Å². The summed E-state index contributed by atoms with van der Waals surface area (Å²) in [6, 6.07) is 208. The van der Waals surface area contributed by atoms with Crippen molar-refractivity contribution in [2.75, 3.05) is 9.80 Å². The average molecular weight is 1860 g/mol. The van der Waals surface area contributed by atoms with E-state index in [-0.39, 0.29) is 0 Å². The van der Waals surface area contributed by atoms with Crippen LogP contribution in [0.1, 0.15) is 0 Å². The zero-order chi connectivity index (χ0) is 96.5. The van der Waals surface area contributed by atoms with Crippen LogP contribution in [0.15, 0.2) is 570 Å². The van der Waals surface area contributed by atoms with Crippen molar-refractivity contribution >= 4 is 143 Å². The van der Waals surface area contributed by atoms with E-state index < -0.39 is 0 Å². The monoisotopic (exact) mass is 1860 g/mol. The molecule has 146 heavy (non-hydrogen) atoms. The molecule has 4 aromatic heterocycles. The molecule has 6 heteroatoms. The van der Waals surface area contributed by atoms with Crippen molar-refractivity contribution in [1.29, 1.82) is 0 Å². The summed E-state index contributed by atoms with van der Waals surface area (Å²) in [6.07, 6.45) is 0. The van der Waals surface area contributed by atoms with Crippen molar-refractivity contribution in [2.45, 2.75) is 0 Å². The lowest BCUT2D eigenvalue weighted by Crippen LogP contribution is -2.09. The van der Waals surface area contributed by atoms with Crippen LogP contribution >= 0.6 is 0 Å². The topological polar surface area (TPSA) is 26.2 Å². The molecule has 0 saturated carbocycles. The lowest BCUT2D eigenvalue weighted by atomic mass is 9.93. The summed E-state index contributed by atoms with van der Waals surface area (Å²) in [6.45, 7) is 0. The summed E-state index contributed by atoms with van der Waals surface area (Å²) in [4.78, 5) is 4.71. The largest absolute Gasteiger partial charge is 0.311 e. The van der Waals surface area contributed by atoms with E-state index in [1.807, 2.05) is 0 Å². The standard InChI is InChI=1S/C72H49N3.C68H45N3/c1-7-19-50(20-8-1)54-31-39-61(40-32-54)73(62-41-33-55(34-42-62)51-21-9-2-10-22-51)63-43-35-56(36-44-63)64-49-66-65-47-57(52-23-11-3-12-24-52)37-45-68(65)74(59-27-15-5-16-28-59)71(66)72-70(64)67-48-58(53-25-13-4-14-26-53)38-46-69(67)75(72)60-29-17-6-18-30-60;1-5-23-51(24-6-1)69(52-25-7-2-8-26-52)55-39-35-48(36-40-55)60-45-62-61-43-49(58-33-17-21-46-19-13-15-31-56(46)58)37-41-64(61)70(53-27-9-3-10-28-53)67(62)68-66(60)63-44-50(59-34-18-22-47-20-14-16-32-57(47)59)38-42-65(63)71(68)54-29-11-4-12-30-54/h1-49H;1-45H. The van der Waals surface area contributed by atoms with Gasteiger partial charge in [0.25, 0.3) is 0 Å². The summed E-state index contributed by atoms with van der Waals surface area (Å²) < 4.78 is 10.0. The predicted octanol–water partition coefficient (Wildman–Crippen LogP) is 38.3. The van der Waals surface area contributed by atoms with Crippen molar-refractivity contribution in [2.24, 2.45) is 0 Å². The lowest BCUT2D eigenvalue weighted by molar-refractivity contribution is 1.15. The molecule has 28 rings (SSSR count). The predicted molar refractivity (Wildman–Crippen MR) is 618 cm³/mol. The number of para-hydroxylation sites is 6. The summed E-state index contributed by atoms with van der Waals surface area (Å²) in [5.74, 6) is 0. The van der Waals surface area contributed by atoms with E-state index in [4.69, 9.17) is 0 Å². The highest BCUT2D eigenvalue weighted by Gasteiger charge is 2.30. The first-order valence-corrected chi connectivity index (χ1v) is 50.2. The van der Waals surface area contributed by atoms with Gasteiger partial charge in [-0.2, -0.15) is 0 Å². The first-order chi connectivity index (χ1) is 72.5. The van der Waals surface area contributed by atoms with E-state index in [0.29, 0.717) is 0 Å². The molecule has 0 unspecified atom stereocenters. The number of fused-ring (bicyclic) bond motifs is 16. The van der Waals surface area contributed by atoms with Gasteiger partial charge in [0.15, 0.2) is 0 Å². The maximum absolute atomic E-state index is 2.52. The molecule has 0 bridgehead atoms. The SMILES string of the molecule is c1ccc(-c2ccc(N(c3ccc(-c4ccccc4)cc3)c3ccc(-c4cc5c6cc(-c7ccccc7)ccc6n(-c6ccccc6)c5c5c4c4cc(-c6ccccc6)ccc4n5-c4ccccc4)cc3)cc2)cc1.c1ccc(N(c2ccccc2)c2ccc(-c3cc4c5cc(-c6cccc7ccccc67)ccc5n(-c5ccccc5)c4c4c3c3cc(-c5cccc6ccccc56)ccc3n4-c3ccccc3)cc2)cc1. The molecule has 28 aromatic rings. The fourth-order valence-electron chi connectivity index (χ4n) is 22.6. The van der Waals surface area contributed by atoms with Crippen molar-refractivity contribution in [3.63, 3.8) is 0 Å². The normalized spacial score (nSPS) is 11.6. The van der Waals surface area contributed by atoms with Gasteiger partial charge in [-0.15, -0.1) is 0 Å². The van der Waals surface area contributed by atoms with Gasteiger partial charge in [0.2, 0.25) is 0 Å². The Morgan fingerprint density at radius 1 is 0.123 bits per heavy atom. The van der Waals surface area contributed by atoms with E-state index in [9.17, 15) is 0 Å². The number of rotatable bonds is 18. The molecule has 0 N–H and O–H groups in total. The van der Waals surface area contributed by atoms with E-state index in [0.717, 1.165) is 95.6 Å². The molecule has 24 aromatic carbocycles. The zero-order valence-corrected chi connectivity index (χ0v) is 80.0. The van der Waals surface area contributed by atoms with Crippen LogP contribution in [0, 0.1) is 0 Å². The first kappa shape index (κ1) is 85.8. The maximum Gasteiger partial charge on any atom is 0.0795 e. The van der Waals surface area contributed by atoms with Crippen LogP contribution in [0.2, 0.25) is 0 Å². The van der Waals surface area contributed by atoms with Crippen LogP contribution in [0.4, 0.5) is 34.1 Å². The Kier molecular flexibility index (Phi) is 21.5. The molecule has 4 heterocycles. The van der Waals surface area contributed by atoms with Crippen molar-refractivity contribution in [3.05, 3.63) is 570 Å². The lowest BCUT2D eigenvalue weighted by Gasteiger charge is -2.26. The second-order valence-electron chi connectivity index (χ2n) is 37.7. The van der Waals surface area contributed by atoms with Crippen LogP contribution in [0.3, 0.4) is 0 Å². The van der Waals surface area contributed by atoms with Gasteiger partial charge >= 0.3 is 0 Å². The number of hydrogen-bond donors (Lipinski definition) is 0.